The van der Waals surface area contributed by atoms with Crippen molar-refractivity contribution in [1.29, 1.82) is 0 Å². The molecule has 3 aromatic heterocycles. The third kappa shape index (κ3) is 3.78. The van der Waals surface area contributed by atoms with Crippen LogP contribution in [0.5, 0.6) is 0 Å². The number of hydrogen-bond acceptors (Lipinski definition) is 5. The number of amides is 2. The first kappa shape index (κ1) is 19.7. The summed E-state index contributed by atoms with van der Waals surface area (Å²) in [6.07, 6.45) is 6.64. The number of nitrogens with zero attached hydrogens (tertiary/aromatic N) is 4. The maximum atomic E-state index is 13.4. The third-order valence-corrected chi connectivity index (χ3v) is 5.39. The maximum absolute atomic E-state index is 13.4. The number of hydrogen-bond donors (Lipinski definition) is 1. The summed E-state index contributed by atoms with van der Waals surface area (Å²) in [4.78, 5) is 35.4. The molecule has 1 aliphatic carbocycles. The zero-order chi connectivity index (χ0) is 22.1. The van der Waals surface area contributed by atoms with Gasteiger partial charge in [-0.2, -0.15) is 0 Å². The standard InChI is InChI=1S/C24H21N5O3/c1-32-24(31)27-21-11-7-16(13-25-21)20-14-26-22-12-8-17(15-28(20)22)23(30)29(19-9-10-19)18-5-3-2-4-6-18/h2-8,11-15,19H,9-10H2,1H3,(H,25,27,31). The molecule has 1 aliphatic rings. The van der Waals surface area contributed by atoms with Crippen molar-refractivity contribution < 1.29 is 14.3 Å². The smallest absolute Gasteiger partial charge is 0.412 e. The van der Waals surface area contributed by atoms with Crippen LogP contribution in [0.25, 0.3) is 16.9 Å². The number of nitrogens with one attached hydrogen (secondary N) is 1. The van der Waals surface area contributed by atoms with Crippen LogP contribution in [-0.2, 0) is 4.74 Å². The highest BCUT2D eigenvalue weighted by atomic mass is 16.5. The summed E-state index contributed by atoms with van der Waals surface area (Å²) in [6.45, 7) is 0. The molecule has 32 heavy (non-hydrogen) atoms. The molecule has 0 unspecified atom stereocenters. The predicted molar refractivity (Wildman–Crippen MR) is 121 cm³/mol. The number of fused-ring (bicyclic) bond motifs is 1. The zero-order valence-corrected chi connectivity index (χ0v) is 17.4. The molecule has 8 nitrogen and oxygen atoms in total. The van der Waals surface area contributed by atoms with Gasteiger partial charge in [-0.25, -0.2) is 14.8 Å². The quantitative estimate of drug-likeness (QED) is 0.510. The van der Waals surface area contributed by atoms with Gasteiger partial charge in [-0.05, 0) is 49.2 Å². The molecule has 0 bridgehead atoms. The first-order valence-corrected chi connectivity index (χ1v) is 10.3. The lowest BCUT2D eigenvalue weighted by molar-refractivity contribution is 0.0985. The molecule has 1 fully saturated rings. The van der Waals surface area contributed by atoms with Crippen molar-refractivity contribution >= 4 is 29.2 Å². The Labute approximate surface area is 184 Å². The lowest BCUT2D eigenvalue weighted by Gasteiger charge is -2.22. The van der Waals surface area contributed by atoms with E-state index >= 15 is 0 Å². The summed E-state index contributed by atoms with van der Waals surface area (Å²) < 4.78 is 6.46. The van der Waals surface area contributed by atoms with Gasteiger partial charge >= 0.3 is 6.09 Å². The van der Waals surface area contributed by atoms with E-state index in [0.29, 0.717) is 11.4 Å². The number of carbonyl (C=O) groups is 2. The van der Waals surface area contributed by atoms with E-state index in [4.69, 9.17) is 0 Å². The lowest BCUT2D eigenvalue weighted by atomic mass is 10.2. The summed E-state index contributed by atoms with van der Waals surface area (Å²) in [7, 11) is 1.29. The van der Waals surface area contributed by atoms with Crippen molar-refractivity contribution in [2.24, 2.45) is 0 Å². The van der Waals surface area contributed by atoms with Crippen molar-refractivity contribution in [3.05, 3.63) is 78.8 Å². The molecule has 0 atom stereocenters. The highest BCUT2D eigenvalue weighted by Gasteiger charge is 2.34. The van der Waals surface area contributed by atoms with E-state index in [0.717, 1.165) is 35.4 Å². The first-order valence-electron chi connectivity index (χ1n) is 10.3. The van der Waals surface area contributed by atoms with E-state index in [1.165, 1.54) is 7.11 Å². The molecule has 1 aromatic carbocycles. The van der Waals surface area contributed by atoms with Crippen LogP contribution < -0.4 is 10.2 Å². The van der Waals surface area contributed by atoms with Crippen LogP contribution in [-0.4, -0.2) is 39.5 Å². The van der Waals surface area contributed by atoms with E-state index in [-0.39, 0.29) is 11.9 Å². The monoisotopic (exact) mass is 427 g/mol. The number of anilines is 2. The summed E-state index contributed by atoms with van der Waals surface area (Å²) in [5.41, 5.74) is 3.82. The average Bonchev–Trinajstić information content (AvgIpc) is 3.57. The third-order valence-electron chi connectivity index (χ3n) is 5.39. The van der Waals surface area contributed by atoms with Gasteiger partial charge in [-0.1, -0.05) is 18.2 Å². The molecule has 8 heteroatoms. The second-order valence-electron chi connectivity index (χ2n) is 7.58. The molecule has 1 N–H and O–H groups in total. The minimum atomic E-state index is -0.582. The summed E-state index contributed by atoms with van der Waals surface area (Å²) >= 11 is 0. The Hall–Kier alpha value is -4.20. The Morgan fingerprint density at radius 1 is 1.03 bits per heavy atom. The highest BCUT2D eigenvalue weighted by molar-refractivity contribution is 6.06. The number of ether oxygens (including phenoxy) is 1. The van der Waals surface area contributed by atoms with E-state index in [1.807, 2.05) is 64.0 Å². The van der Waals surface area contributed by atoms with Gasteiger partial charge in [0.2, 0.25) is 0 Å². The molecular formula is C24H21N5O3. The molecule has 0 aliphatic heterocycles. The van der Waals surface area contributed by atoms with Crippen LogP contribution in [0.3, 0.4) is 0 Å². The molecule has 2 amide bonds. The van der Waals surface area contributed by atoms with Gasteiger partial charge in [0.25, 0.3) is 5.91 Å². The summed E-state index contributed by atoms with van der Waals surface area (Å²) in [5, 5.41) is 2.52. The molecule has 0 spiro atoms. The molecule has 1 saturated carbocycles. The average molecular weight is 427 g/mol. The Balaban J connectivity index is 1.47. The molecule has 0 saturated heterocycles. The number of imidazole rings is 1. The summed E-state index contributed by atoms with van der Waals surface area (Å²) in [6, 6.07) is 17.2. The van der Waals surface area contributed by atoms with E-state index in [1.54, 1.807) is 18.5 Å². The van der Waals surface area contributed by atoms with Crippen molar-refractivity contribution in [1.82, 2.24) is 14.4 Å². The maximum Gasteiger partial charge on any atom is 0.412 e. The molecule has 3 heterocycles. The van der Waals surface area contributed by atoms with Crippen molar-refractivity contribution in [3.8, 4) is 11.3 Å². The number of benzene rings is 1. The zero-order valence-electron chi connectivity index (χ0n) is 17.4. The fourth-order valence-electron chi connectivity index (χ4n) is 3.65. The van der Waals surface area contributed by atoms with Gasteiger partial charge in [0.1, 0.15) is 11.5 Å². The van der Waals surface area contributed by atoms with Crippen LogP contribution in [0.4, 0.5) is 16.3 Å². The predicted octanol–water partition coefficient (Wildman–Crippen LogP) is 4.38. The molecule has 160 valence electrons. The van der Waals surface area contributed by atoms with Crippen molar-refractivity contribution in [3.63, 3.8) is 0 Å². The van der Waals surface area contributed by atoms with Crippen LogP contribution >= 0.6 is 0 Å². The number of rotatable bonds is 5. The van der Waals surface area contributed by atoms with Crippen LogP contribution in [0.2, 0.25) is 0 Å². The van der Waals surface area contributed by atoms with Gasteiger partial charge in [0, 0.05) is 29.7 Å². The minimum Gasteiger partial charge on any atom is -0.453 e. The van der Waals surface area contributed by atoms with E-state index in [9.17, 15) is 9.59 Å². The van der Waals surface area contributed by atoms with Crippen molar-refractivity contribution in [2.75, 3.05) is 17.3 Å². The SMILES string of the molecule is COC(=O)Nc1ccc(-c2cnc3ccc(C(=O)N(c4ccccc4)C4CC4)cn23)cn1. The fourth-order valence-corrected chi connectivity index (χ4v) is 3.65. The molecular weight excluding hydrogens is 406 g/mol. The van der Waals surface area contributed by atoms with Gasteiger partial charge < -0.3 is 9.64 Å². The van der Waals surface area contributed by atoms with Gasteiger partial charge in [0.05, 0.1) is 24.6 Å². The number of para-hydroxylation sites is 1. The molecule has 0 radical (unpaired) electrons. The minimum absolute atomic E-state index is 0.0315. The Kier molecular flexibility index (Phi) is 5.03. The van der Waals surface area contributed by atoms with Crippen LogP contribution in [0.1, 0.15) is 23.2 Å². The van der Waals surface area contributed by atoms with Crippen LogP contribution in [0.15, 0.2) is 73.2 Å². The molecule has 4 aromatic rings. The second-order valence-corrected chi connectivity index (χ2v) is 7.58. The summed E-state index contributed by atoms with van der Waals surface area (Å²) in [5.74, 6) is 0.351. The fraction of sp³-hybridized carbons (Fsp3) is 0.167. The van der Waals surface area contributed by atoms with E-state index in [2.05, 4.69) is 20.0 Å². The normalized spacial score (nSPS) is 13.0. The second kappa shape index (κ2) is 8.14. The Morgan fingerprint density at radius 3 is 2.53 bits per heavy atom. The highest BCUT2D eigenvalue weighted by Crippen LogP contribution is 2.33. The molecule has 5 rings (SSSR count). The number of pyridine rings is 2. The Morgan fingerprint density at radius 2 is 1.84 bits per heavy atom. The van der Waals surface area contributed by atoms with Gasteiger partial charge in [0.15, 0.2) is 0 Å². The number of aromatic nitrogens is 3. The lowest BCUT2D eigenvalue weighted by Crippen LogP contribution is -2.33. The number of methoxy groups -OCH3 is 1. The van der Waals surface area contributed by atoms with Gasteiger partial charge in [-0.3, -0.25) is 14.5 Å². The topological polar surface area (TPSA) is 88.8 Å². The largest absolute Gasteiger partial charge is 0.453 e. The van der Waals surface area contributed by atoms with Crippen molar-refractivity contribution in [2.45, 2.75) is 18.9 Å². The van der Waals surface area contributed by atoms with Crippen LogP contribution in [0, 0.1) is 0 Å². The first-order chi connectivity index (χ1) is 15.6. The number of carbonyl (C=O) groups excluding carboxylic acids is 2. The Bertz CT molecular complexity index is 1280. The van der Waals surface area contributed by atoms with Gasteiger partial charge in [-0.15, -0.1) is 0 Å². The van der Waals surface area contributed by atoms with E-state index < -0.39 is 6.09 Å².